The summed E-state index contributed by atoms with van der Waals surface area (Å²) in [5.74, 6) is -0.485. The summed E-state index contributed by atoms with van der Waals surface area (Å²) < 4.78 is 15.4. The van der Waals surface area contributed by atoms with E-state index in [1.807, 2.05) is 0 Å². The zero-order valence-corrected chi connectivity index (χ0v) is 11.6. The average molecular weight is 300 g/mol. The molecule has 1 aromatic heterocycles. The van der Waals surface area contributed by atoms with Crippen molar-refractivity contribution < 1.29 is 4.39 Å². The highest BCUT2D eigenvalue weighted by molar-refractivity contribution is 6.33. The first-order valence-corrected chi connectivity index (χ1v) is 6.84. The Kier molecular flexibility index (Phi) is 3.15. The van der Waals surface area contributed by atoms with Gasteiger partial charge in [-0.1, -0.05) is 23.2 Å². The maximum Gasteiger partial charge on any atom is 0.150 e. The van der Waals surface area contributed by atoms with Crippen LogP contribution in [0.15, 0.2) is 12.1 Å². The third-order valence-electron chi connectivity index (χ3n) is 3.39. The fourth-order valence-corrected chi connectivity index (χ4v) is 2.87. The Balaban J connectivity index is 2.17. The summed E-state index contributed by atoms with van der Waals surface area (Å²) in [5.41, 5.74) is 8.22. The van der Waals surface area contributed by atoms with Crippen molar-refractivity contribution in [3.8, 4) is 5.69 Å². The molecule has 1 aromatic carbocycles. The van der Waals surface area contributed by atoms with Crippen molar-refractivity contribution in [3.63, 3.8) is 0 Å². The van der Waals surface area contributed by atoms with Gasteiger partial charge in [0.1, 0.15) is 10.8 Å². The number of halogens is 3. The molecule has 100 valence electrons. The van der Waals surface area contributed by atoms with E-state index in [0.717, 1.165) is 36.9 Å². The minimum absolute atomic E-state index is 0.189. The summed E-state index contributed by atoms with van der Waals surface area (Å²) in [6.07, 6.45) is 3.95. The van der Waals surface area contributed by atoms with Crippen LogP contribution >= 0.6 is 23.2 Å². The fourth-order valence-electron chi connectivity index (χ4n) is 2.39. The summed E-state index contributed by atoms with van der Waals surface area (Å²) in [4.78, 5) is 0. The van der Waals surface area contributed by atoms with Crippen molar-refractivity contribution in [2.75, 3.05) is 5.73 Å². The summed E-state index contributed by atoms with van der Waals surface area (Å²) in [5, 5.41) is 5.06. The molecule has 0 atom stereocenters. The lowest BCUT2D eigenvalue weighted by atomic mass is 9.99. The van der Waals surface area contributed by atoms with Crippen LogP contribution in [-0.4, -0.2) is 9.78 Å². The van der Waals surface area contributed by atoms with Gasteiger partial charge in [-0.2, -0.15) is 5.10 Å². The van der Waals surface area contributed by atoms with E-state index < -0.39 is 5.82 Å². The molecule has 1 aliphatic carbocycles. The van der Waals surface area contributed by atoms with Crippen molar-refractivity contribution in [2.45, 2.75) is 25.7 Å². The van der Waals surface area contributed by atoms with Gasteiger partial charge in [0.05, 0.1) is 16.4 Å². The largest absolute Gasteiger partial charge is 0.397 e. The monoisotopic (exact) mass is 299 g/mol. The summed E-state index contributed by atoms with van der Waals surface area (Å²) in [6.45, 7) is 0. The van der Waals surface area contributed by atoms with Gasteiger partial charge < -0.3 is 5.73 Å². The van der Waals surface area contributed by atoms with E-state index >= 15 is 0 Å². The molecule has 0 amide bonds. The van der Waals surface area contributed by atoms with E-state index in [1.54, 1.807) is 0 Å². The van der Waals surface area contributed by atoms with Gasteiger partial charge in [0, 0.05) is 5.56 Å². The first-order chi connectivity index (χ1) is 9.08. The molecule has 1 aliphatic rings. The number of hydrogen-bond acceptors (Lipinski definition) is 2. The highest BCUT2D eigenvalue weighted by Gasteiger charge is 2.22. The number of nitrogens with two attached hydrogens (primary N) is 1. The number of hydrogen-bond donors (Lipinski definition) is 1. The normalized spacial score (nSPS) is 14.5. The van der Waals surface area contributed by atoms with Gasteiger partial charge in [-0.15, -0.1) is 0 Å². The maximum atomic E-state index is 14.0. The molecule has 3 rings (SSSR count). The predicted octanol–water partition coefficient (Wildman–Crippen LogP) is 3.78. The Labute approximate surface area is 120 Å². The van der Waals surface area contributed by atoms with Crippen LogP contribution in [0.4, 0.5) is 10.1 Å². The van der Waals surface area contributed by atoms with Crippen LogP contribution in [0.1, 0.15) is 24.1 Å². The van der Waals surface area contributed by atoms with Crippen molar-refractivity contribution in [1.29, 1.82) is 0 Å². The summed E-state index contributed by atoms with van der Waals surface area (Å²) in [7, 11) is 0. The highest BCUT2D eigenvalue weighted by Crippen LogP contribution is 2.32. The lowest BCUT2D eigenvalue weighted by molar-refractivity contribution is 0.609. The molecule has 1 heterocycles. The molecular weight excluding hydrogens is 288 g/mol. The smallest absolute Gasteiger partial charge is 0.150 e. The van der Waals surface area contributed by atoms with Crippen molar-refractivity contribution >= 4 is 28.9 Å². The lowest BCUT2D eigenvalue weighted by Crippen LogP contribution is -2.02. The molecule has 0 saturated heterocycles. The number of nitrogen functional groups attached to an aromatic ring is 1. The molecule has 0 fully saturated rings. The molecule has 0 aliphatic heterocycles. The highest BCUT2D eigenvalue weighted by atomic mass is 35.5. The van der Waals surface area contributed by atoms with Gasteiger partial charge in [-0.05, 0) is 37.8 Å². The summed E-state index contributed by atoms with van der Waals surface area (Å²) in [6, 6.07) is 2.64. The number of benzene rings is 1. The summed E-state index contributed by atoms with van der Waals surface area (Å²) >= 11 is 12.1. The lowest BCUT2D eigenvalue weighted by Gasteiger charge is -2.08. The maximum absolute atomic E-state index is 14.0. The standard InChI is InChI=1S/C13H12Cl2FN3/c14-8-5-9(16)12(6-10(8)17)19-13(15)7-3-1-2-4-11(7)18-19/h5-6H,1-4,17H2. The average Bonchev–Trinajstić information content (AvgIpc) is 2.72. The van der Waals surface area contributed by atoms with E-state index in [-0.39, 0.29) is 10.7 Å². The number of aryl methyl sites for hydroxylation is 1. The predicted molar refractivity (Wildman–Crippen MR) is 74.6 cm³/mol. The zero-order valence-electron chi connectivity index (χ0n) is 10.1. The Morgan fingerprint density at radius 2 is 1.95 bits per heavy atom. The first-order valence-electron chi connectivity index (χ1n) is 6.09. The third-order valence-corrected chi connectivity index (χ3v) is 4.10. The zero-order chi connectivity index (χ0) is 13.6. The van der Waals surface area contributed by atoms with Gasteiger partial charge in [0.2, 0.25) is 0 Å². The van der Waals surface area contributed by atoms with E-state index in [1.165, 1.54) is 16.8 Å². The molecule has 19 heavy (non-hydrogen) atoms. The van der Waals surface area contributed by atoms with Crippen LogP contribution < -0.4 is 5.73 Å². The molecule has 0 spiro atoms. The Morgan fingerprint density at radius 3 is 2.68 bits per heavy atom. The van der Waals surface area contributed by atoms with Gasteiger partial charge in [-0.25, -0.2) is 9.07 Å². The van der Waals surface area contributed by atoms with Crippen molar-refractivity contribution in [3.05, 3.63) is 39.4 Å². The van der Waals surface area contributed by atoms with Gasteiger partial charge >= 0.3 is 0 Å². The Morgan fingerprint density at radius 1 is 1.21 bits per heavy atom. The molecule has 3 nitrogen and oxygen atoms in total. The van der Waals surface area contributed by atoms with Gasteiger partial charge in [-0.3, -0.25) is 0 Å². The molecule has 0 unspecified atom stereocenters. The topological polar surface area (TPSA) is 43.8 Å². The number of rotatable bonds is 1. The second-order valence-corrected chi connectivity index (χ2v) is 5.43. The van der Waals surface area contributed by atoms with Crippen molar-refractivity contribution in [2.24, 2.45) is 0 Å². The number of fused-ring (bicyclic) bond motifs is 1. The molecule has 2 aromatic rings. The SMILES string of the molecule is Nc1cc(-n2nc3c(c2Cl)CCCC3)c(F)cc1Cl. The van der Waals surface area contributed by atoms with Crippen LogP contribution in [0.25, 0.3) is 5.69 Å². The molecule has 0 radical (unpaired) electrons. The van der Waals surface area contributed by atoms with Gasteiger partial charge in [0.15, 0.2) is 5.82 Å². The van der Waals surface area contributed by atoms with Crippen LogP contribution in [0.2, 0.25) is 10.2 Å². The molecule has 6 heteroatoms. The second kappa shape index (κ2) is 4.69. The molecule has 0 bridgehead atoms. The van der Waals surface area contributed by atoms with Crippen LogP contribution in [0.3, 0.4) is 0 Å². The number of aromatic nitrogens is 2. The number of nitrogens with zero attached hydrogens (tertiary/aromatic N) is 2. The molecule has 0 saturated carbocycles. The van der Waals surface area contributed by atoms with Crippen LogP contribution in [0.5, 0.6) is 0 Å². The fraction of sp³-hybridized carbons (Fsp3) is 0.308. The minimum atomic E-state index is -0.485. The molecular formula is C13H12Cl2FN3. The minimum Gasteiger partial charge on any atom is -0.397 e. The molecule has 2 N–H and O–H groups in total. The first kappa shape index (κ1) is 12.8. The second-order valence-electron chi connectivity index (χ2n) is 4.66. The van der Waals surface area contributed by atoms with Crippen molar-refractivity contribution in [1.82, 2.24) is 9.78 Å². The quantitative estimate of drug-likeness (QED) is 0.815. The van der Waals surface area contributed by atoms with E-state index in [4.69, 9.17) is 28.9 Å². The van der Waals surface area contributed by atoms with E-state index in [0.29, 0.717) is 10.8 Å². The van der Waals surface area contributed by atoms with E-state index in [2.05, 4.69) is 5.10 Å². The van der Waals surface area contributed by atoms with E-state index in [9.17, 15) is 4.39 Å². The Bertz CT molecular complexity index is 652. The third kappa shape index (κ3) is 2.09. The Hall–Kier alpha value is -1.26. The van der Waals surface area contributed by atoms with Crippen LogP contribution in [-0.2, 0) is 12.8 Å². The number of anilines is 1. The van der Waals surface area contributed by atoms with Gasteiger partial charge in [0.25, 0.3) is 0 Å². The van der Waals surface area contributed by atoms with Crippen LogP contribution in [0, 0.1) is 5.82 Å².